The number of aromatic nitrogens is 1. The Kier molecular flexibility index (Phi) is 9.93. The summed E-state index contributed by atoms with van der Waals surface area (Å²) in [4.78, 5) is 12.8. The largest absolute Gasteiger partial charge is 0.493 e. The van der Waals surface area contributed by atoms with Gasteiger partial charge in [-0.1, -0.05) is 26.2 Å². The molecule has 0 bridgehead atoms. The summed E-state index contributed by atoms with van der Waals surface area (Å²) in [5.74, 6) is -0.469. The molecule has 1 saturated carbocycles. The van der Waals surface area contributed by atoms with Crippen LogP contribution >= 0.6 is 0 Å². The maximum Gasteiger partial charge on any atom is 0.271 e. The summed E-state index contributed by atoms with van der Waals surface area (Å²) >= 11 is 0. The fourth-order valence-electron chi connectivity index (χ4n) is 4.51. The third kappa shape index (κ3) is 6.42. The molecule has 0 amide bonds. The molecule has 0 atom stereocenters. The van der Waals surface area contributed by atoms with Gasteiger partial charge in [-0.2, -0.15) is 14.7 Å². The summed E-state index contributed by atoms with van der Waals surface area (Å²) < 4.78 is 34.2. The molecule has 11 nitrogen and oxygen atoms in total. The van der Waals surface area contributed by atoms with Crippen molar-refractivity contribution in [3.05, 3.63) is 45.7 Å². The molecule has 2 N–H and O–H groups in total. The number of nitrogens with zero attached hydrogens (tertiary/aromatic N) is 5. The van der Waals surface area contributed by atoms with Gasteiger partial charge in [0.25, 0.3) is 5.56 Å². The molecule has 12 heteroatoms. The van der Waals surface area contributed by atoms with Crippen molar-refractivity contribution in [3.8, 4) is 11.9 Å². The second kappa shape index (κ2) is 12.9. The van der Waals surface area contributed by atoms with Crippen LogP contribution in [0.15, 0.2) is 44.2 Å². The van der Waals surface area contributed by atoms with Gasteiger partial charge in [0, 0.05) is 18.2 Å². The van der Waals surface area contributed by atoms with E-state index in [2.05, 4.69) is 10.2 Å². The molecule has 1 fully saturated rings. The van der Waals surface area contributed by atoms with Gasteiger partial charge in [-0.25, -0.2) is 8.42 Å². The molecule has 1 aliphatic carbocycles. The topological polar surface area (TPSA) is 158 Å². The van der Waals surface area contributed by atoms with Gasteiger partial charge in [0.05, 0.1) is 36.9 Å². The van der Waals surface area contributed by atoms with Crippen LogP contribution in [-0.4, -0.2) is 59.9 Å². The molecule has 200 valence electrons. The molecule has 0 spiro atoms. The van der Waals surface area contributed by atoms with Crippen LogP contribution in [0, 0.1) is 18.3 Å². The second-order valence-electron chi connectivity index (χ2n) is 8.77. The molecule has 0 radical (unpaired) electrons. The monoisotopic (exact) mass is 531 g/mol. The predicted octanol–water partition coefficient (Wildman–Crippen LogP) is 3.50. The number of rotatable bonds is 11. The minimum absolute atomic E-state index is 0.00751. The Morgan fingerprint density at radius 3 is 2.43 bits per heavy atom. The highest BCUT2D eigenvalue weighted by Crippen LogP contribution is 2.33. The van der Waals surface area contributed by atoms with E-state index in [1.807, 2.05) is 13.0 Å². The van der Waals surface area contributed by atoms with Crippen molar-refractivity contribution in [1.29, 1.82) is 5.26 Å². The maximum absolute atomic E-state index is 13.3. The standard InChI is InChI=1S/C25H33N5O6S/c1-3-30(20-7-5-4-6-8-20)37(34,35)21-11-9-19(10-12-21)27-28-23-18(2)22(17-26)24(32)29(25(23)33)13-15-36-16-14-31/h9-12,20,31,33H,3-8,13-16H2,1-2H3/b28-27+. The van der Waals surface area contributed by atoms with E-state index >= 15 is 0 Å². The number of azo groups is 1. The Balaban J connectivity index is 1.87. The zero-order valence-corrected chi connectivity index (χ0v) is 21.9. The highest BCUT2D eigenvalue weighted by Gasteiger charge is 2.31. The van der Waals surface area contributed by atoms with E-state index in [0.717, 1.165) is 36.7 Å². The Labute approximate surface area is 216 Å². The third-order valence-corrected chi connectivity index (χ3v) is 8.51. The number of aromatic hydroxyl groups is 1. The van der Waals surface area contributed by atoms with Crippen LogP contribution in [-0.2, 0) is 21.3 Å². The molecular formula is C25H33N5O6S. The van der Waals surface area contributed by atoms with Gasteiger partial charge in [-0.05, 0) is 44.0 Å². The van der Waals surface area contributed by atoms with E-state index in [1.54, 1.807) is 4.31 Å². The fraction of sp³-hybridized carbons (Fsp3) is 0.520. The fourth-order valence-corrected chi connectivity index (χ4v) is 6.20. The van der Waals surface area contributed by atoms with E-state index < -0.39 is 21.5 Å². The molecule has 1 aromatic carbocycles. The molecule has 0 aliphatic heterocycles. The van der Waals surface area contributed by atoms with Crippen molar-refractivity contribution in [2.45, 2.75) is 63.4 Å². The quantitative estimate of drug-likeness (QED) is 0.332. The lowest BCUT2D eigenvalue weighted by Gasteiger charge is -2.32. The number of nitriles is 1. The number of hydrogen-bond acceptors (Lipinski definition) is 9. The zero-order valence-electron chi connectivity index (χ0n) is 21.1. The molecule has 0 saturated heterocycles. The maximum atomic E-state index is 13.3. The van der Waals surface area contributed by atoms with Crippen molar-refractivity contribution in [2.24, 2.45) is 10.2 Å². The van der Waals surface area contributed by atoms with Crippen LogP contribution in [0.4, 0.5) is 11.4 Å². The van der Waals surface area contributed by atoms with Crippen molar-refractivity contribution in [1.82, 2.24) is 8.87 Å². The van der Waals surface area contributed by atoms with Gasteiger partial charge in [0.1, 0.15) is 11.6 Å². The van der Waals surface area contributed by atoms with Crippen LogP contribution in [0.25, 0.3) is 0 Å². The lowest BCUT2D eigenvalue weighted by molar-refractivity contribution is 0.0854. The summed E-state index contributed by atoms with van der Waals surface area (Å²) in [5, 5.41) is 37.1. The smallest absolute Gasteiger partial charge is 0.271 e. The van der Waals surface area contributed by atoms with Crippen LogP contribution < -0.4 is 5.56 Å². The Hall–Kier alpha value is -3.11. The van der Waals surface area contributed by atoms with E-state index in [-0.39, 0.29) is 54.1 Å². The van der Waals surface area contributed by atoms with Gasteiger partial charge in [0.15, 0.2) is 5.69 Å². The molecule has 0 unspecified atom stereocenters. The predicted molar refractivity (Wildman–Crippen MR) is 137 cm³/mol. The number of hydrogen-bond donors (Lipinski definition) is 2. The zero-order chi connectivity index (χ0) is 27.0. The second-order valence-corrected chi connectivity index (χ2v) is 10.7. The molecule has 1 heterocycles. The minimum Gasteiger partial charge on any atom is -0.493 e. The van der Waals surface area contributed by atoms with Crippen LogP contribution in [0.3, 0.4) is 0 Å². The SMILES string of the molecule is CCN(C1CCCCC1)S(=O)(=O)c1ccc(/N=N/c2c(C)c(C#N)c(=O)n(CCOCCO)c2O)cc1. The average molecular weight is 532 g/mol. The third-order valence-electron chi connectivity index (χ3n) is 6.47. The molecule has 3 rings (SSSR count). The minimum atomic E-state index is -3.66. The number of sulfonamides is 1. The normalized spacial score (nSPS) is 14.9. The van der Waals surface area contributed by atoms with E-state index in [4.69, 9.17) is 9.84 Å². The molecule has 1 aromatic heterocycles. The Bertz CT molecular complexity index is 1310. The van der Waals surface area contributed by atoms with Crippen LogP contribution in [0.5, 0.6) is 5.88 Å². The average Bonchev–Trinajstić information content (AvgIpc) is 2.89. The summed E-state index contributed by atoms with van der Waals surface area (Å²) in [7, 11) is -3.66. The van der Waals surface area contributed by atoms with Gasteiger partial charge < -0.3 is 14.9 Å². The number of aliphatic hydroxyl groups excluding tert-OH is 1. The van der Waals surface area contributed by atoms with Gasteiger partial charge in [-0.15, -0.1) is 5.11 Å². The molecular weight excluding hydrogens is 498 g/mol. The summed E-state index contributed by atoms with van der Waals surface area (Å²) in [5.41, 5.74) is -0.410. The van der Waals surface area contributed by atoms with Crippen molar-refractivity contribution >= 4 is 21.4 Å². The van der Waals surface area contributed by atoms with Crippen LogP contribution in [0.2, 0.25) is 0 Å². The Morgan fingerprint density at radius 2 is 1.84 bits per heavy atom. The van der Waals surface area contributed by atoms with Crippen molar-refractivity contribution < 1.29 is 23.4 Å². The number of pyridine rings is 1. The van der Waals surface area contributed by atoms with Gasteiger partial charge >= 0.3 is 0 Å². The van der Waals surface area contributed by atoms with Gasteiger partial charge in [-0.3, -0.25) is 9.36 Å². The summed E-state index contributed by atoms with van der Waals surface area (Å²) in [6.45, 7) is 3.59. The first-order chi connectivity index (χ1) is 17.8. The van der Waals surface area contributed by atoms with Gasteiger partial charge in [0.2, 0.25) is 15.9 Å². The Morgan fingerprint density at radius 1 is 1.16 bits per heavy atom. The molecule has 1 aliphatic rings. The first-order valence-corrected chi connectivity index (χ1v) is 13.8. The van der Waals surface area contributed by atoms with Crippen LogP contribution in [0.1, 0.15) is 50.2 Å². The highest BCUT2D eigenvalue weighted by atomic mass is 32.2. The molecule has 37 heavy (non-hydrogen) atoms. The van der Waals surface area contributed by atoms with Crippen molar-refractivity contribution in [2.75, 3.05) is 26.4 Å². The molecule has 2 aromatic rings. The summed E-state index contributed by atoms with van der Waals surface area (Å²) in [6, 6.07) is 7.83. The van der Waals surface area contributed by atoms with E-state index in [9.17, 15) is 23.6 Å². The number of ether oxygens (including phenoxy) is 1. The summed E-state index contributed by atoms with van der Waals surface area (Å²) in [6.07, 6.45) is 4.91. The first-order valence-electron chi connectivity index (χ1n) is 12.3. The lowest BCUT2D eigenvalue weighted by Crippen LogP contribution is -2.41. The van der Waals surface area contributed by atoms with E-state index in [0.29, 0.717) is 12.2 Å². The lowest BCUT2D eigenvalue weighted by atomic mass is 9.95. The van der Waals surface area contributed by atoms with E-state index in [1.165, 1.54) is 31.2 Å². The number of benzene rings is 1. The number of aliphatic hydroxyl groups is 1. The first kappa shape index (κ1) is 28.5. The highest BCUT2D eigenvalue weighted by molar-refractivity contribution is 7.89. The van der Waals surface area contributed by atoms with Crippen molar-refractivity contribution in [3.63, 3.8) is 0 Å².